The van der Waals surface area contributed by atoms with Gasteiger partial charge in [0.05, 0.1) is 0 Å². The maximum Gasteiger partial charge on any atom is 0.00786 e. The summed E-state index contributed by atoms with van der Waals surface area (Å²) in [6.07, 6.45) is 4.01. The first kappa shape index (κ1) is 10.6. The number of allylic oxidation sites excluding steroid dienone is 1. The van der Waals surface area contributed by atoms with Gasteiger partial charge in [-0.1, -0.05) is 36.4 Å². The molecule has 0 heterocycles. The van der Waals surface area contributed by atoms with Crippen LogP contribution in [0.5, 0.6) is 0 Å². The second-order valence-electron chi connectivity index (χ2n) is 3.41. The maximum atomic E-state index is 3.80. The van der Waals surface area contributed by atoms with Gasteiger partial charge in [-0.3, -0.25) is 0 Å². The van der Waals surface area contributed by atoms with Crippen LogP contribution in [0.25, 0.3) is 12.2 Å². The first-order chi connectivity index (χ1) is 6.67. The molecule has 0 bridgehead atoms. The minimum Gasteiger partial charge on any atom is -0.392 e. The van der Waals surface area contributed by atoms with E-state index in [0.717, 1.165) is 5.70 Å². The molecule has 1 heteroatoms. The highest BCUT2D eigenvalue weighted by molar-refractivity contribution is 5.66. The Kier molecular flexibility index (Phi) is 3.52. The lowest BCUT2D eigenvalue weighted by molar-refractivity contribution is 1.00. The van der Waals surface area contributed by atoms with Crippen LogP contribution in [0, 0.1) is 6.92 Å². The van der Waals surface area contributed by atoms with Crippen LogP contribution < -0.4 is 5.32 Å². The Labute approximate surface area is 86.2 Å². The van der Waals surface area contributed by atoms with Gasteiger partial charge in [0.1, 0.15) is 0 Å². The van der Waals surface area contributed by atoms with Crippen LogP contribution in [0.2, 0.25) is 0 Å². The molecule has 0 aromatic heterocycles. The van der Waals surface area contributed by atoms with Crippen molar-refractivity contribution in [3.8, 4) is 0 Å². The lowest BCUT2D eigenvalue weighted by Crippen LogP contribution is -2.01. The van der Waals surface area contributed by atoms with Crippen molar-refractivity contribution in [1.82, 2.24) is 5.32 Å². The average Bonchev–Trinajstić information content (AvgIpc) is 2.18. The monoisotopic (exact) mass is 187 g/mol. The summed E-state index contributed by atoms with van der Waals surface area (Å²) in [6, 6.07) is 6.36. The van der Waals surface area contributed by atoms with Gasteiger partial charge in [0.25, 0.3) is 0 Å². The molecule has 0 spiro atoms. The molecule has 74 valence electrons. The molecule has 0 unspecified atom stereocenters. The van der Waals surface area contributed by atoms with Crippen molar-refractivity contribution in [1.29, 1.82) is 0 Å². The summed E-state index contributed by atoms with van der Waals surface area (Å²) >= 11 is 0. The van der Waals surface area contributed by atoms with Gasteiger partial charge in [0, 0.05) is 12.7 Å². The van der Waals surface area contributed by atoms with E-state index in [1.165, 1.54) is 16.7 Å². The standard InChI is InChI=1S/C13H17N/c1-5-12-7-6-10(2)8-13(12)9-11(3)14-4/h5-9,14H,1H2,2-4H3/b11-9-. The van der Waals surface area contributed by atoms with Crippen molar-refractivity contribution < 1.29 is 0 Å². The third-order valence-corrected chi connectivity index (χ3v) is 2.23. The van der Waals surface area contributed by atoms with Crippen molar-refractivity contribution >= 4 is 12.2 Å². The van der Waals surface area contributed by atoms with E-state index >= 15 is 0 Å². The summed E-state index contributed by atoms with van der Waals surface area (Å²) in [5.74, 6) is 0. The molecule has 0 saturated carbocycles. The number of hydrogen-bond donors (Lipinski definition) is 1. The second kappa shape index (κ2) is 4.66. The minimum atomic E-state index is 1.15. The van der Waals surface area contributed by atoms with E-state index < -0.39 is 0 Å². The van der Waals surface area contributed by atoms with Gasteiger partial charge in [0.2, 0.25) is 0 Å². The molecular weight excluding hydrogens is 170 g/mol. The fourth-order valence-corrected chi connectivity index (χ4v) is 1.31. The summed E-state index contributed by atoms with van der Waals surface area (Å²) in [6.45, 7) is 7.95. The molecule has 0 fully saturated rings. The highest BCUT2D eigenvalue weighted by Gasteiger charge is 1.96. The van der Waals surface area contributed by atoms with E-state index in [2.05, 4.69) is 50.0 Å². The quantitative estimate of drug-likeness (QED) is 0.766. The van der Waals surface area contributed by atoms with Gasteiger partial charge in [-0.15, -0.1) is 0 Å². The van der Waals surface area contributed by atoms with Gasteiger partial charge in [-0.05, 0) is 31.1 Å². The Morgan fingerprint density at radius 1 is 1.36 bits per heavy atom. The van der Waals surface area contributed by atoms with Crippen molar-refractivity contribution in [2.75, 3.05) is 7.05 Å². The fraction of sp³-hybridized carbons (Fsp3) is 0.231. The maximum absolute atomic E-state index is 3.80. The van der Waals surface area contributed by atoms with Crippen molar-refractivity contribution in [2.24, 2.45) is 0 Å². The molecule has 1 nitrogen and oxygen atoms in total. The number of benzene rings is 1. The van der Waals surface area contributed by atoms with Gasteiger partial charge >= 0.3 is 0 Å². The topological polar surface area (TPSA) is 12.0 Å². The summed E-state index contributed by atoms with van der Waals surface area (Å²) in [5.41, 5.74) is 4.81. The molecule has 1 aromatic rings. The lowest BCUT2D eigenvalue weighted by atomic mass is 10.0. The Morgan fingerprint density at radius 3 is 2.64 bits per heavy atom. The Bertz CT molecular complexity index is 361. The van der Waals surface area contributed by atoms with Gasteiger partial charge in [-0.25, -0.2) is 0 Å². The van der Waals surface area contributed by atoms with E-state index in [4.69, 9.17) is 0 Å². The Morgan fingerprint density at radius 2 is 2.07 bits per heavy atom. The first-order valence-electron chi connectivity index (χ1n) is 4.76. The van der Waals surface area contributed by atoms with Crippen molar-refractivity contribution in [3.05, 3.63) is 47.2 Å². The molecule has 0 aliphatic rings. The van der Waals surface area contributed by atoms with Crippen LogP contribution in [0.3, 0.4) is 0 Å². The molecule has 0 amide bonds. The number of rotatable bonds is 3. The predicted octanol–water partition coefficient (Wildman–Crippen LogP) is 3.22. The van der Waals surface area contributed by atoms with Crippen molar-refractivity contribution in [3.63, 3.8) is 0 Å². The smallest absolute Gasteiger partial charge is 0.00786 e. The number of nitrogens with one attached hydrogen (secondary N) is 1. The van der Waals surface area contributed by atoms with E-state index in [-0.39, 0.29) is 0 Å². The third kappa shape index (κ3) is 2.49. The molecule has 0 aliphatic carbocycles. The molecule has 14 heavy (non-hydrogen) atoms. The molecule has 1 aromatic carbocycles. The highest BCUT2D eigenvalue weighted by atomic mass is 14.8. The average molecular weight is 187 g/mol. The zero-order valence-corrected chi connectivity index (χ0v) is 9.09. The summed E-state index contributed by atoms with van der Waals surface area (Å²) < 4.78 is 0. The van der Waals surface area contributed by atoms with Crippen molar-refractivity contribution in [2.45, 2.75) is 13.8 Å². The molecule has 0 saturated heterocycles. The van der Waals surface area contributed by atoms with Gasteiger partial charge in [0.15, 0.2) is 0 Å². The molecule has 0 radical (unpaired) electrons. The number of hydrogen-bond acceptors (Lipinski definition) is 1. The van der Waals surface area contributed by atoms with E-state index in [9.17, 15) is 0 Å². The third-order valence-electron chi connectivity index (χ3n) is 2.23. The van der Waals surface area contributed by atoms with Gasteiger partial charge < -0.3 is 5.32 Å². The Balaban J connectivity index is 3.17. The zero-order valence-electron chi connectivity index (χ0n) is 9.09. The lowest BCUT2D eigenvalue weighted by Gasteiger charge is -2.05. The molecular formula is C13H17N. The normalized spacial score (nSPS) is 11.2. The van der Waals surface area contributed by atoms with Crippen LogP contribution in [0.15, 0.2) is 30.5 Å². The summed E-state index contributed by atoms with van der Waals surface area (Å²) in [4.78, 5) is 0. The van der Waals surface area contributed by atoms with Crippen LogP contribution in [0.4, 0.5) is 0 Å². The van der Waals surface area contributed by atoms with E-state index in [0.29, 0.717) is 0 Å². The minimum absolute atomic E-state index is 1.15. The first-order valence-corrected chi connectivity index (χ1v) is 4.76. The van der Waals surface area contributed by atoms with E-state index in [1.54, 1.807) is 0 Å². The fourth-order valence-electron chi connectivity index (χ4n) is 1.31. The Hall–Kier alpha value is -1.50. The van der Waals surface area contributed by atoms with E-state index in [1.807, 2.05) is 13.1 Å². The largest absolute Gasteiger partial charge is 0.392 e. The molecule has 1 rings (SSSR count). The van der Waals surface area contributed by atoms with Crippen LogP contribution in [-0.4, -0.2) is 7.05 Å². The predicted molar refractivity (Wildman–Crippen MR) is 64.0 cm³/mol. The SMILES string of the molecule is C=Cc1ccc(C)cc1/C=C(/C)NC. The molecule has 0 aliphatic heterocycles. The highest BCUT2D eigenvalue weighted by Crippen LogP contribution is 2.15. The summed E-state index contributed by atoms with van der Waals surface area (Å²) in [5, 5.41) is 3.11. The zero-order chi connectivity index (χ0) is 10.6. The molecule has 0 atom stereocenters. The molecule has 1 N–H and O–H groups in total. The van der Waals surface area contributed by atoms with Crippen LogP contribution in [-0.2, 0) is 0 Å². The number of aryl methyl sites for hydroxylation is 1. The van der Waals surface area contributed by atoms with Crippen LogP contribution in [0.1, 0.15) is 23.6 Å². The summed E-state index contributed by atoms with van der Waals surface area (Å²) in [7, 11) is 1.93. The van der Waals surface area contributed by atoms with Gasteiger partial charge in [-0.2, -0.15) is 0 Å². The van der Waals surface area contributed by atoms with Crippen LogP contribution >= 0.6 is 0 Å². The second-order valence-corrected chi connectivity index (χ2v) is 3.41.